The minimum Gasteiger partial charge on any atom is -0.388 e. The molecule has 0 aromatic heterocycles. The highest BCUT2D eigenvalue weighted by molar-refractivity contribution is 6.03. The lowest BCUT2D eigenvalue weighted by Gasteiger charge is -2.48. The van der Waals surface area contributed by atoms with E-state index < -0.39 is 6.10 Å². The van der Waals surface area contributed by atoms with Gasteiger partial charge in [0.25, 0.3) is 0 Å². The molecular formula is C30H24F2NO2. The van der Waals surface area contributed by atoms with Gasteiger partial charge in [0.1, 0.15) is 11.6 Å². The van der Waals surface area contributed by atoms with E-state index in [1.54, 1.807) is 29.2 Å². The molecule has 5 rings (SSSR count). The number of aliphatic hydroxyl groups excluding tert-OH is 1. The molecular weight excluding hydrogens is 444 g/mol. The molecule has 0 saturated carbocycles. The maximum atomic E-state index is 13.5. The second-order valence-corrected chi connectivity index (χ2v) is 8.79. The molecule has 35 heavy (non-hydrogen) atoms. The van der Waals surface area contributed by atoms with Gasteiger partial charge < -0.3 is 10.0 Å². The summed E-state index contributed by atoms with van der Waals surface area (Å²) >= 11 is 0. The van der Waals surface area contributed by atoms with Crippen molar-refractivity contribution in [3.63, 3.8) is 0 Å². The van der Waals surface area contributed by atoms with Gasteiger partial charge in [0.05, 0.1) is 18.1 Å². The van der Waals surface area contributed by atoms with Gasteiger partial charge in [0, 0.05) is 5.69 Å². The second-order valence-electron chi connectivity index (χ2n) is 8.79. The quantitative estimate of drug-likeness (QED) is 0.309. The Balaban J connectivity index is 1.39. The Bertz CT molecular complexity index is 1290. The number of anilines is 1. The number of hydrogen-bond acceptors (Lipinski definition) is 2. The summed E-state index contributed by atoms with van der Waals surface area (Å²) in [6.45, 7) is 0. The first-order valence-electron chi connectivity index (χ1n) is 11.6. The van der Waals surface area contributed by atoms with Crippen molar-refractivity contribution in [3.8, 4) is 11.1 Å². The minimum absolute atomic E-state index is 0.0605. The van der Waals surface area contributed by atoms with Crippen molar-refractivity contribution in [2.75, 3.05) is 4.90 Å². The molecule has 1 radical (unpaired) electrons. The fourth-order valence-corrected chi connectivity index (χ4v) is 4.74. The zero-order chi connectivity index (χ0) is 24.4. The highest BCUT2D eigenvalue weighted by Crippen LogP contribution is 2.46. The standard InChI is InChI=1S/C30H24F2NO2/c31-24-12-10-22(11-13-24)28(34)19-18-27-29(33(30(27)35)26-16-14-25(32)15-17-26)23-8-6-21(7-9-23)20-4-2-1-3-5-20/h1-2,4-17,27-29,34H,18-19H2/t27?,28-,29?/m0/s1. The molecule has 5 heteroatoms. The molecule has 1 fully saturated rings. The summed E-state index contributed by atoms with van der Waals surface area (Å²) in [6.07, 6.45) is 0.0451. The van der Waals surface area contributed by atoms with E-state index in [0.29, 0.717) is 24.1 Å². The van der Waals surface area contributed by atoms with Crippen LogP contribution in [-0.2, 0) is 4.79 Å². The first kappa shape index (κ1) is 22.9. The van der Waals surface area contributed by atoms with Crippen molar-refractivity contribution in [3.05, 3.63) is 126 Å². The third-order valence-electron chi connectivity index (χ3n) is 6.62. The van der Waals surface area contributed by atoms with Crippen LogP contribution in [0.3, 0.4) is 0 Å². The van der Waals surface area contributed by atoms with E-state index in [1.807, 2.05) is 48.5 Å². The third kappa shape index (κ3) is 4.73. The molecule has 3 atom stereocenters. The van der Waals surface area contributed by atoms with E-state index in [-0.39, 0.29) is 29.5 Å². The molecule has 2 unspecified atom stereocenters. The van der Waals surface area contributed by atoms with Crippen LogP contribution in [-0.4, -0.2) is 11.0 Å². The summed E-state index contributed by atoms with van der Waals surface area (Å²) in [7, 11) is 0. The summed E-state index contributed by atoms with van der Waals surface area (Å²) in [6, 6.07) is 30.3. The molecule has 175 valence electrons. The highest BCUT2D eigenvalue weighted by atomic mass is 19.1. The largest absolute Gasteiger partial charge is 0.388 e. The number of benzene rings is 4. The summed E-state index contributed by atoms with van der Waals surface area (Å²) in [5.74, 6) is -1.11. The topological polar surface area (TPSA) is 40.5 Å². The fourth-order valence-electron chi connectivity index (χ4n) is 4.74. The van der Waals surface area contributed by atoms with Crippen molar-refractivity contribution < 1.29 is 18.7 Å². The van der Waals surface area contributed by atoms with Crippen LogP contribution in [0.25, 0.3) is 11.1 Å². The van der Waals surface area contributed by atoms with E-state index in [9.17, 15) is 18.7 Å². The van der Waals surface area contributed by atoms with Crippen molar-refractivity contribution in [1.29, 1.82) is 0 Å². The van der Waals surface area contributed by atoms with Gasteiger partial charge in [-0.05, 0) is 83.6 Å². The molecule has 3 nitrogen and oxygen atoms in total. The highest BCUT2D eigenvalue weighted by Gasteiger charge is 2.48. The summed E-state index contributed by atoms with van der Waals surface area (Å²) in [4.78, 5) is 14.9. The number of rotatable bonds is 7. The molecule has 0 spiro atoms. The van der Waals surface area contributed by atoms with Gasteiger partial charge in [-0.15, -0.1) is 0 Å². The average molecular weight is 469 g/mol. The Morgan fingerprint density at radius 2 is 1.51 bits per heavy atom. The van der Waals surface area contributed by atoms with Crippen LogP contribution in [0.15, 0.2) is 97.1 Å². The molecule has 4 aromatic carbocycles. The van der Waals surface area contributed by atoms with Crippen LogP contribution in [0.4, 0.5) is 14.5 Å². The summed E-state index contributed by atoms with van der Waals surface area (Å²) in [5.41, 5.74) is 4.33. The van der Waals surface area contributed by atoms with Gasteiger partial charge in [0.2, 0.25) is 5.91 Å². The van der Waals surface area contributed by atoms with E-state index in [2.05, 4.69) is 6.07 Å². The van der Waals surface area contributed by atoms with Gasteiger partial charge in [-0.2, -0.15) is 0 Å². The summed E-state index contributed by atoms with van der Waals surface area (Å²) < 4.78 is 26.7. The zero-order valence-corrected chi connectivity index (χ0v) is 18.9. The summed E-state index contributed by atoms with van der Waals surface area (Å²) in [5, 5.41) is 10.6. The van der Waals surface area contributed by atoms with Gasteiger partial charge in [-0.3, -0.25) is 4.79 Å². The molecule has 1 amide bonds. The van der Waals surface area contributed by atoms with Crippen LogP contribution < -0.4 is 4.90 Å². The predicted molar refractivity (Wildman–Crippen MR) is 131 cm³/mol. The first-order valence-corrected chi connectivity index (χ1v) is 11.6. The fraction of sp³-hybridized carbons (Fsp3) is 0.167. The van der Waals surface area contributed by atoms with Gasteiger partial charge in [0.15, 0.2) is 0 Å². The number of aliphatic hydroxyl groups is 1. The first-order chi connectivity index (χ1) is 17.0. The minimum atomic E-state index is -0.791. The Hall–Kier alpha value is -3.83. The molecule has 0 aliphatic carbocycles. The molecule has 1 N–H and O–H groups in total. The smallest absolute Gasteiger partial charge is 0.233 e. The van der Waals surface area contributed by atoms with E-state index >= 15 is 0 Å². The number of carbonyl (C=O) groups is 1. The Morgan fingerprint density at radius 1 is 0.857 bits per heavy atom. The van der Waals surface area contributed by atoms with Crippen molar-refractivity contribution in [2.24, 2.45) is 5.92 Å². The van der Waals surface area contributed by atoms with E-state index in [0.717, 1.165) is 16.7 Å². The third-order valence-corrected chi connectivity index (χ3v) is 6.62. The number of nitrogens with zero attached hydrogens (tertiary/aromatic N) is 1. The molecule has 1 aliphatic rings. The number of amides is 1. The van der Waals surface area contributed by atoms with Gasteiger partial charge in [-0.25, -0.2) is 8.78 Å². The lowest BCUT2D eigenvalue weighted by atomic mass is 9.78. The van der Waals surface area contributed by atoms with Crippen LogP contribution in [0.5, 0.6) is 0 Å². The molecule has 4 aromatic rings. The number of β-lactam (4-membered cyclic amide) rings is 1. The normalized spacial score (nSPS) is 18.3. The Morgan fingerprint density at radius 3 is 2.14 bits per heavy atom. The van der Waals surface area contributed by atoms with Crippen LogP contribution in [0.1, 0.15) is 36.1 Å². The number of hydrogen-bond donors (Lipinski definition) is 1. The molecule has 0 bridgehead atoms. The molecule has 1 aliphatic heterocycles. The second kappa shape index (κ2) is 9.80. The Kier molecular flexibility index (Phi) is 6.43. The maximum absolute atomic E-state index is 13.5. The SMILES string of the molecule is O=C1C(CC[C@H](O)c2ccc(F)cc2)C(c2ccc(-c3c[c]ccc3)cc2)N1c1ccc(F)cc1. The Labute approximate surface area is 203 Å². The van der Waals surface area contributed by atoms with E-state index in [1.165, 1.54) is 24.3 Å². The molecule has 1 heterocycles. The number of halogens is 2. The lowest BCUT2D eigenvalue weighted by molar-refractivity contribution is -0.131. The van der Waals surface area contributed by atoms with Crippen LogP contribution >= 0.6 is 0 Å². The average Bonchev–Trinajstić information content (AvgIpc) is 2.89. The van der Waals surface area contributed by atoms with Gasteiger partial charge in [-0.1, -0.05) is 54.6 Å². The lowest BCUT2D eigenvalue weighted by Crippen LogP contribution is -2.55. The zero-order valence-electron chi connectivity index (χ0n) is 18.9. The van der Waals surface area contributed by atoms with Crippen molar-refractivity contribution in [2.45, 2.75) is 25.0 Å². The van der Waals surface area contributed by atoms with Crippen LogP contribution in [0, 0.1) is 23.6 Å². The van der Waals surface area contributed by atoms with Crippen molar-refractivity contribution >= 4 is 11.6 Å². The predicted octanol–water partition coefficient (Wildman–Crippen LogP) is 6.65. The monoisotopic (exact) mass is 468 g/mol. The van der Waals surface area contributed by atoms with Crippen molar-refractivity contribution in [1.82, 2.24) is 0 Å². The maximum Gasteiger partial charge on any atom is 0.233 e. The molecule has 1 saturated heterocycles. The van der Waals surface area contributed by atoms with E-state index in [4.69, 9.17) is 0 Å². The van der Waals surface area contributed by atoms with Gasteiger partial charge >= 0.3 is 0 Å². The number of carbonyl (C=O) groups excluding carboxylic acids is 1. The van der Waals surface area contributed by atoms with Crippen LogP contribution in [0.2, 0.25) is 0 Å².